The molecule has 3 rings (SSSR count). The predicted molar refractivity (Wildman–Crippen MR) is 107 cm³/mol. The first kappa shape index (κ1) is 24.8. The van der Waals surface area contributed by atoms with Crippen molar-refractivity contribution in [3.63, 3.8) is 0 Å². The molecule has 180 valence electrons. The first-order valence-corrected chi connectivity index (χ1v) is 11.3. The number of pyridine rings is 1. The molecule has 1 aromatic heterocycles. The molecule has 0 spiro atoms. The number of nitrogens with two attached hydrogens (primary N) is 1. The minimum atomic E-state index is -4.54. The summed E-state index contributed by atoms with van der Waals surface area (Å²) < 4.78 is 96.2. The van der Waals surface area contributed by atoms with Crippen molar-refractivity contribution in [3.8, 4) is 5.75 Å². The molecule has 2 aromatic rings. The molecule has 1 amide bonds. The minimum Gasteiger partial charge on any atom is -0.493 e. The Balaban J connectivity index is 1.97. The van der Waals surface area contributed by atoms with E-state index in [0.29, 0.717) is 0 Å². The molecule has 1 saturated carbocycles. The van der Waals surface area contributed by atoms with Crippen molar-refractivity contribution in [3.05, 3.63) is 47.7 Å². The van der Waals surface area contributed by atoms with Gasteiger partial charge in [-0.05, 0) is 37.3 Å². The summed E-state index contributed by atoms with van der Waals surface area (Å²) in [4.78, 5) is 16.6. The van der Waals surface area contributed by atoms with Crippen molar-refractivity contribution in [1.82, 2.24) is 4.98 Å². The number of rotatable bonds is 5. The van der Waals surface area contributed by atoms with E-state index >= 15 is 0 Å². The second-order valence-corrected chi connectivity index (χ2v) is 9.17. The summed E-state index contributed by atoms with van der Waals surface area (Å²) in [5.74, 6) is -7.86. The molecule has 7 nitrogen and oxygen atoms in total. The lowest BCUT2D eigenvalue weighted by atomic mass is 9.70. The fourth-order valence-electron chi connectivity index (χ4n) is 4.05. The lowest BCUT2D eigenvalue weighted by Gasteiger charge is -2.37. The molecule has 1 aliphatic rings. The summed E-state index contributed by atoms with van der Waals surface area (Å²) >= 11 is 0. The Labute approximate surface area is 186 Å². The topological polar surface area (TPSA) is 111 Å². The van der Waals surface area contributed by atoms with Gasteiger partial charge in [0.05, 0.1) is 13.0 Å². The molecule has 0 radical (unpaired) electrons. The van der Waals surface area contributed by atoms with Crippen LogP contribution in [0, 0.1) is 23.5 Å². The van der Waals surface area contributed by atoms with E-state index in [4.69, 9.17) is 9.88 Å². The molecular formula is C20H20F5N3O4S. The molecule has 0 aliphatic heterocycles. The number of anilines is 1. The third-order valence-electron chi connectivity index (χ3n) is 5.63. The van der Waals surface area contributed by atoms with E-state index in [-0.39, 0.29) is 24.1 Å². The number of alkyl halides is 3. The third-order valence-corrected chi connectivity index (χ3v) is 6.43. The van der Waals surface area contributed by atoms with Crippen LogP contribution in [0.5, 0.6) is 5.75 Å². The van der Waals surface area contributed by atoms with Gasteiger partial charge in [0.15, 0.2) is 16.6 Å². The van der Waals surface area contributed by atoms with Crippen LogP contribution in [0.15, 0.2) is 35.5 Å². The number of methoxy groups -OCH3 is 1. The molecule has 1 heterocycles. The Morgan fingerprint density at radius 2 is 1.91 bits per heavy atom. The minimum absolute atomic E-state index is 0.00738. The number of sulfonamides is 1. The van der Waals surface area contributed by atoms with Crippen LogP contribution < -0.4 is 15.2 Å². The number of hydrogen-bond acceptors (Lipinski definition) is 5. The van der Waals surface area contributed by atoms with Gasteiger partial charge in [-0.1, -0.05) is 6.07 Å². The number of ether oxygens (including phenoxy) is 1. The van der Waals surface area contributed by atoms with Gasteiger partial charge in [-0.15, -0.1) is 0 Å². The number of hydrogen-bond donors (Lipinski definition) is 2. The predicted octanol–water partition coefficient (Wildman–Crippen LogP) is 3.72. The third kappa shape index (κ3) is 5.41. The van der Waals surface area contributed by atoms with Gasteiger partial charge in [-0.2, -0.15) is 17.6 Å². The zero-order valence-electron chi connectivity index (χ0n) is 17.2. The number of amides is 1. The Morgan fingerprint density at radius 3 is 2.52 bits per heavy atom. The molecule has 0 bridgehead atoms. The number of benzene rings is 1. The van der Waals surface area contributed by atoms with Crippen LogP contribution in [0.2, 0.25) is 0 Å². The molecule has 13 heteroatoms. The van der Waals surface area contributed by atoms with Crippen molar-refractivity contribution in [2.45, 2.75) is 36.4 Å². The molecule has 1 fully saturated rings. The Hall–Kier alpha value is -2.80. The lowest BCUT2D eigenvalue weighted by molar-refractivity contribution is -0.186. The van der Waals surface area contributed by atoms with Crippen LogP contribution in [0.1, 0.15) is 30.7 Å². The first-order chi connectivity index (χ1) is 15.3. The standard InChI is InChI=1S/C20H20F5N3O4S/c1-32-18-12(4-5-15(21)17(18)22)14-8-10(20(23,24)25)2-3-13(14)19(29)28-11-6-7-27-16(9-11)33(26,30)31/h4-7,9-10,13-14H,2-3,8H2,1H3,(H2,26,30,31)(H,27,28,29)/t10-,13-,14+/m1/s1. The van der Waals surface area contributed by atoms with Gasteiger partial charge in [-0.25, -0.2) is 22.9 Å². The van der Waals surface area contributed by atoms with Crippen LogP contribution in [0.25, 0.3) is 0 Å². The van der Waals surface area contributed by atoms with E-state index in [0.717, 1.165) is 31.5 Å². The first-order valence-electron chi connectivity index (χ1n) is 9.71. The summed E-state index contributed by atoms with van der Waals surface area (Å²) in [6.07, 6.45) is -4.53. The summed E-state index contributed by atoms with van der Waals surface area (Å²) in [5, 5.41) is 6.96. The number of halogens is 5. The molecule has 0 saturated heterocycles. The fourth-order valence-corrected chi connectivity index (χ4v) is 4.55. The van der Waals surface area contributed by atoms with E-state index in [9.17, 15) is 35.2 Å². The number of nitrogens with one attached hydrogen (secondary N) is 1. The maximum absolute atomic E-state index is 14.3. The van der Waals surface area contributed by atoms with Gasteiger partial charge in [0.2, 0.25) is 11.7 Å². The van der Waals surface area contributed by atoms with Crippen LogP contribution >= 0.6 is 0 Å². The summed E-state index contributed by atoms with van der Waals surface area (Å²) in [6.45, 7) is 0. The molecule has 33 heavy (non-hydrogen) atoms. The van der Waals surface area contributed by atoms with Gasteiger partial charge in [-0.3, -0.25) is 4.79 Å². The van der Waals surface area contributed by atoms with Crippen LogP contribution in [-0.4, -0.2) is 32.6 Å². The van der Waals surface area contributed by atoms with Crippen molar-refractivity contribution < 1.29 is 39.9 Å². The highest BCUT2D eigenvalue weighted by Gasteiger charge is 2.47. The largest absolute Gasteiger partial charge is 0.493 e. The van der Waals surface area contributed by atoms with Crippen molar-refractivity contribution in [2.24, 2.45) is 17.0 Å². The molecule has 3 N–H and O–H groups in total. The molecular weight excluding hydrogens is 473 g/mol. The van der Waals surface area contributed by atoms with Gasteiger partial charge in [0.1, 0.15) is 0 Å². The summed E-state index contributed by atoms with van der Waals surface area (Å²) in [6, 6.07) is 4.15. The number of carbonyl (C=O) groups excluding carboxylic acids is 1. The van der Waals surface area contributed by atoms with Gasteiger partial charge >= 0.3 is 6.18 Å². The monoisotopic (exact) mass is 493 g/mol. The van der Waals surface area contributed by atoms with Crippen molar-refractivity contribution >= 4 is 21.6 Å². The van der Waals surface area contributed by atoms with E-state index in [2.05, 4.69) is 10.3 Å². The van der Waals surface area contributed by atoms with E-state index in [1.807, 2.05) is 0 Å². The molecule has 1 aliphatic carbocycles. The van der Waals surface area contributed by atoms with Crippen LogP contribution in [0.3, 0.4) is 0 Å². The summed E-state index contributed by atoms with van der Waals surface area (Å²) in [5.41, 5.74) is -0.0570. The second kappa shape index (κ2) is 9.21. The smallest absolute Gasteiger partial charge is 0.391 e. The van der Waals surface area contributed by atoms with E-state index in [1.54, 1.807) is 0 Å². The Bertz CT molecular complexity index is 1160. The zero-order chi connectivity index (χ0) is 24.6. The van der Waals surface area contributed by atoms with Crippen LogP contribution in [-0.2, 0) is 14.8 Å². The highest BCUT2D eigenvalue weighted by molar-refractivity contribution is 7.89. The van der Waals surface area contributed by atoms with Gasteiger partial charge in [0.25, 0.3) is 10.0 Å². The molecule has 0 unspecified atom stereocenters. The summed E-state index contributed by atoms with van der Waals surface area (Å²) in [7, 11) is -3.11. The number of nitrogens with zero attached hydrogens (tertiary/aromatic N) is 1. The van der Waals surface area contributed by atoms with E-state index < -0.39 is 68.7 Å². The highest BCUT2D eigenvalue weighted by Crippen LogP contribution is 2.49. The number of aromatic nitrogens is 1. The van der Waals surface area contributed by atoms with Crippen molar-refractivity contribution in [1.29, 1.82) is 0 Å². The van der Waals surface area contributed by atoms with Gasteiger partial charge < -0.3 is 10.1 Å². The highest BCUT2D eigenvalue weighted by atomic mass is 32.2. The Kier molecular flexibility index (Phi) is 6.93. The lowest BCUT2D eigenvalue weighted by Crippen LogP contribution is -2.37. The number of carbonyl (C=O) groups is 1. The number of primary sulfonamides is 1. The SMILES string of the molecule is COc1c([C@@H]2C[C@H](C(F)(F)F)CC[C@H]2C(=O)Nc2ccnc(S(N)(=O)=O)c2)ccc(F)c1F. The van der Waals surface area contributed by atoms with Gasteiger partial charge in [0, 0.05) is 29.4 Å². The fraction of sp³-hybridized carbons (Fsp3) is 0.400. The second-order valence-electron chi connectivity index (χ2n) is 7.67. The molecule has 1 aromatic carbocycles. The maximum atomic E-state index is 14.3. The average Bonchev–Trinajstić information content (AvgIpc) is 2.74. The normalized spacial score (nSPS) is 21.5. The quantitative estimate of drug-likeness (QED) is 0.617. The van der Waals surface area contributed by atoms with Crippen molar-refractivity contribution in [2.75, 3.05) is 12.4 Å². The molecule has 3 atom stereocenters. The maximum Gasteiger partial charge on any atom is 0.391 e. The van der Waals surface area contributed by atoms with Crippen LogP contribution in [0.4, 0.5) is 27.6 Å². The van der Waals surface area contributed by atoms with E-state index in [1.165, 1.54) is 6.07 Å². The zero-order valence-corrected chi connectivity index (χ0v) is 18.0. The average molecular weight is 493 g/mol. The Morgan fingerprint density at radius 1 is 1.21 bits per heavy atom.